The minimum absolute atomic E-state index is 0.117. The van der Waals surface area contributed by atoms with Crippen LogP contribution >= 0.6 is 11.3 Å². The molecule has 1 saturated heterocycles. The van der Waals surface area contributed by atoms with Crippen LogP contribution < -0.4 is 5.32 Å². The van der Waals surface area contributed by atoms with Crippen LogP contribution in [-0.2, 0) is 19.6 Å². The van der Waals surface area contributed by atoms with E-state index in [1.807, 2.05) is 0 Å². The third-order valence-electron chi connectivity index (χ3n) is 7.71. The molecule has 2 heterocycles. The molecule has 9 heteroatoms. The fourth-order valence-electron chi connectivity index (χ4n) is 6.67. The number of aromatic nitrogens is 1. The molecule has 4 bridgehead atoms. The molecule has 1 aromatic carbocycles. The standard InChI is InChI=1S/C22H27N3O4S2/c26-20(22-11-14-7-15(12-22)9-16(8-14)13-22)24-21-23-18-2-1-17(10-19(18)30-21)31(27,28)25-3-5-29-6-4-25/h1-2,10,14-16H,3-9,11-13H2,(H,23,24,26). The molecular formula is C22H27N3O4S2. The Hall–Kier alpha value is -1.55. The second-order valence-electron chi connectivity index (χ2n) is 9.82. The summed E-state index contributed by atoms with van der Waals surface area (Å²) >= 11 is 1.36. The molecule has 1 aromatic heterocycles. The number of morpholine rings is 1. The number of amides is 1. The zero-order valence-corrected chi connectivity index (χ0v) is 19.0. The molecule has 4 saturated carbocycles. The van der Waals surface area contributed by atoms with Gasteiger partial charge in [0.15, 0.2) is 5.13 Å². The van der Waals surface area contributed by atoms with Gasteiger partial charge in [-0.05, 0) is 74.5 Å². The number of hydrogen-bond acceptors (Lipinski definition) is 6. The Labute approximate surface area is 186 Å². The molecule has 1 N–H and O–H groups in total. The lowest BCUT2D eigenvalue weighted by Crippen LogP contribution is -2.51. The van der Waals surface area contributed by atoms with E-state index in [2.05, 4.69) is 10.3 Å². The molecule has 31 heavy (non-hydrogen) atoms. The highest BCUT2D eigenvalue weighted by Gasteiger charge is 2.54. The van der Waals surface area contributed by atoms with E-state index in [0.717, 1.165) is 24.0 Å². The zero-order valence-electron chi connectivity index (χ0n) is 17.4. The van der Waals surface area contributed by atoms with Crippen LogP contribution in [-0.4, -0.2) is 49.9 Å². The minimum atomic E-state index is -3.55. The average molecular weight is 462 g/mol. The van der Waals surface area contributed by atoms with Crippen LogP contribution in [0.1, 0.15) is 38.5 Å². The van der Waals surface area contributed by atoms with Crippen molar-refractivity contribution in [1.29, 1.82) is 0 Å². The Morgan fingerprint density at radius 2 is 1.74 bits per heavy atom. The van der Waals surface area contributed by atoms with E-state index in [-0.39, 0.29) is 16.2 Å². The summed E-state index contributed by atoms with van der Waals surface area (Å²) in [5.74, 6) is 2.24. The van der Waals surface area contributed by atoms with E-state index < -0.39 is 10.0 Å². The summed E-state index contributed by atoms with van der Waals surface area (Å²) in [5.41, 5.74) is 0.490. The highest BCUT2D eigenvalue weighted by atomic mass is 32.2. The summed E-state index contributed by atoms with van der Waals surface area (Å²) in [6, 6.07) is 5.02. The number of sulfonamides is 1. The van der Waals surface area contributed by atoms with Crippen molar-refractivity contribution in [2.75, 3.05) is 31.6 Å². The molecule has 1 aliphatic heterocycles. The number of nitrogens with one attached hydrogen (secondary N) is 1. The number of hydrogen-bond donors (Lipinski definition) is 1. The molecule has 0 spiro atoms. The Morgan fingerprint density at radius 3 is 2.39 bits per heavy atom. The Bertz CT molecular complexity index is 1100. The van der Waals surface area contributed by atoms with Crippen LogP contribution in [0.2, 0.25) is 0 Å². The van der Waals surface area contributed by atoms with Crippen molar-refractivity contribution in [3.63, 3.8) is 0 Å². The van der Waals surface area contributed by atoms with E-state index in [1.165, 1.54) is 34.9 Å². The number of ether oxygens (including phenoxy) is 1. The van der Waals surface area contributed by atoms with Crippen molar-refractivity contribution in [2.24, 2.45) is 23.2 Å². The van der Waals surface area contributed by atoms with Gasteiger partial charge in [0.05, 0.1) is 33.7 Å². The van der Waals surface area contributed by atoms with Gasteiger partial charge in [-0.1, -0.05) is 11.3 Å². The van der Waals surface area contributed by atoms with E-state index in [4.69, 9.17) is 4.74 Å². The maximum absolute atomic E-state index is 13.3. The Balaban J connectivity index is 1.24. The van der Waals surface area contributed by atoms with Gasteiger partial charge in [0.2, 0.25) is 15.9 Å². The SMILES string of the molecule is O=C(Nc1nc2ccc(S(=O)(=O)N3CCOCC3)cc2s1)C12CC3CC(CC(C3)C1)C2. The quantitative estimate of drug-likeness (QED) is 0.753. The molecule has 5 aliphatic rings. The summed E-state index contributed by atoms with van der Waals surface area (Å²) in [6.07, 6.45) is 6.93. The van der Waals surface area contributed by atoms with Crippen molar-refractivity contribution >= 4 is 42.6 Å². The topological polar surface area (TPSA) is 88.6 Å². The van der Waals surface area contributed by atoms with Crippen molar-refractivity contribution in [1.82, 2.24) is 9.29 Å². The third kappa shape index (κ3) is 3.41. The van der Waals surface area contributed by atoms with Crippen LogP contribution in [0.3, 0.4) is 0 Å². The second-order valence-corrected chi connectivity index (χ2v) is 12.8. The summed E-state index contributed by atoms with van der Waals surface area (Å²) in [4.78, 5) is 18.2. The molecule has 5 fully saturated rings. The average Bonchev–Trinajstić information content (AvgIpc) is 3.15. The van der Waals surface area contributed by atoms with Gasteiger partial charge in [0.1, 0.15) is 0 Å². The number of benzene rings is 1. The maximum atomic E-state index is 13.3. The molecule has 0 unspecified atom stereocenters. The zero-order chi connectivity index (χ0) is 21.2. The van der Waals surface area contributed by atoms with Crippen LogP contribution in [0.15, 0.2) is 23.1 Å². The predicted octanol–water partition coefficient (Wildman–Crippen LogP) is 3.47. The summed E-state index contributed by atoms with van der Waals surface area (Å²) < 4.78 is 33.4. The van der Waals surface area contributed by atoms with Gasteiger partial charge >= 0.3 is 0 Å². The highest BCUT2D eigenvalue weighted by Crippen LogP contribution is 2.60. The van der Waals surface area contributed by atoms with Crippen LogP contribution in [0.25, 0.3) is 10.2 Å². The first-order valence-corrected chi connectivity index (χ1v) is 13.5. The predicted molar refractivity (Wildman–Crippen MR) is 118 cm³/mol. The third-order valence-corrected chi connectivity index (χ3v) is 10.5. The summed E-state index contributed by atoms with van der Waals surface area (Å²) in [5, 5.41) is 3.67. The van der Waals surface area contributed by atoms with Crippen molar-refractivity contribution in [2.45, 2.75) is 43.4 Å². The van der Waals surface area contributed by atoms with E-state index >= 15 is 0 Å². The molecule has 7 rings (SSSR count). The maximum Gasteiger partial charge on any atom is 0.243 e. The number of fused-ring (bicyclic) bond motifs is 1. The molecule has 166 valence electrons. The molecule has 0 radical (unpaired) electrons. The van der Waals surface area contributed by atoms with Crippen molar-refractivity contribution < 1.29 is 17.9 Å². The van der Waals surface area contributed by atoms with E-state index in [0.29, 0.717) is 54.7 Å². The van der Waals surface area contributed by atoms with Crippen LogP contribution in [0.4, 0.5) is 5.13 Å². The first-order valence-electron chi connectivity index (χ1n) is 11.2. The fraction of sp³-hybridized carbons (Fsp3) is 0.636. The molecule has 7 nitrogen and oxygen atoms in total. The van der Waals surface area contributed by atoms with Gasteiger partial charge in [-0.3, -0.25) is 4.79 Å². The molecule has 0 atom stereocenters. The number of carbonyl (C=O) groups excluding carboxylic acids is 1. The molecule has 4 aliphatic carbocycles. The van der Waals surface area contributed by atoms with Crippen LogP contribution in [0, 0.1) is 23.2 Å². The van der Waals surface area contributed by atoms with E-state index in [9.17, 15) is 13.2 Å². The lowest BCUT2D eigenvalue weighted by molar-refractivity contribution is -0.140. The number of nitrogens with zero attached hydrogens (tertiary/aromatic N) is 2. The fourth-order valence-corrected chi connectivity index (χ4v) is 9.08. The monoisotopic (exact) mass is 461 g/mol. The summed E-state index contributed by atoms with van der Waals surface area (Å²) in [6.45, 7) is 1.58. The van der Waals surface area contributed by atoms with Gasteiger partial charge in [0, 0.05) is 13.1 Å². The number of rotatable bonds is 4. The molecule has 1 amide bonds. The smallest absolute Gasteiger partial charge is 0.243 e. The molecular weight excluding hydrogens is 434 g/mol. The lowest BCUT2D eigenvalue weighted by Gasteiger charge is -2.55. The number of thiazole rings is 1. The van der Waals surface area contributed by atoms with Gasteiger partial charge in [-0.15, -0.1) is 0 Å². The van der Waals surface area contributed by atoms with Gasteiger partial charge in [-0.25, -0.2) is 13.4 Å². The van der Waals surface area contributed by atoms with Gasteiger partial charge in [-0.2, -0.15) is 4.31 Å². The normalized spacial score (nSPS) is 33.1. The van der Waals surface area contributed by atoms with E-state index in [1.54, 1.807) is 18.2 Å². The largest absolute Gasteiger partial charge is 0.379 e. The Kier molecular flexibility index (Phi) is 4.68. The minimum Gasteiger partial charge on any atom is -0.379 e. The Morgan fingerprint density at radius 1 is 1.10 bits per heavy atom. The van der Waals surface area contributed by atoms with Crippen molar-refractivity contribution in [3.05, 3.63) is 18.2 Å². The number of anilines is 1. The first-order chi connectivity index (χ1) is 14.9. The highest BCUT2D eigenvalue weighted by molar-refractivity contribution is 7.89. The van der Waals surface area contributed by atoms with Gasteiger partial charge in [0.25, 0.3) is 0 Å². The number of carbonyl (C=O) groups is 1. The van der Waals surface area contributed by atoms with Crippen molar-refractivity contribution in [3.8, 4) is 0 Å². The van der Waals surface area contributed by atoms with Crippen LogP contribution in [0.5, 0.6) is 0 Å². The second kappa shape index (κ2) is 7.23. The molecule has 2 aromatic rings. The summed E-state index contributed by atoms with van der Waals surface area (Å²) in [7, 11) is -3.55. The lowest BCUT2D eigenvalue weighted by atomic mass is 9.49. The first kappa shape index (κ1) is 20.1. The van der Waals surface area contributed by atoms with Gasteiger partial charge < -0.3 is 10.1 Å².